The van der Waals surface area contributed by atoms with E-state index in [2.05, 4.69) is 0 Å². The summed E-state index contributed by atoms with van der Waals surface area (Å²) < 4.78 is 20.9. The van der Waals surface area contributed by atoms with E-state index in [1.807, 2.05) is 0 Å². The molecule has 2 aliphatic rings. The van der Waals surface area contributed by atoms with Crippen molar-refractivity contribution in [3.63, 3.8) is 0 Å². The van der Waals surface area contributed by atoms with Crippen LogP contribution in [-0.2, 0) is 18.9 Å². The topological polar surface area (TPSA) is 199 Å². The summed E-state index contributed by atoms with van der Waals surface area (Å²) in [6.07, 6.45) is -14.9. The quantitative estimate of drug-likeness (QED) is 0.207. The Bertz CT molecular complexity index is 421. The van der Waals surface area contributed by atoms with Crippen molar-refractivity contribution in [2.24, 2.45) is 0 Å². The number of ether oxygens (including phenoxy) is 4. The molecule has 2 aliphatic heterocycles. The fourth-order valence-electron chi connectivity index (χ4n) is 2.86. The van der Waals surface area contributed by atoms with Crippen molar-refractivity contribution in [3.05, 3.63) is 0 Å². The van der Waals surface area contributed by atoms with E-state index in [0.717, 1.165) is 0 Å². The third-order valence-electron chi connectivity index (χ3n) is 4.33. The first-order valence-corrected chi connectivity index (χ1v) is 8.16. The number of hydrogen-bond donors (Lipinski definition) is 8. The Hall–Kier alpha value is -0.480. The molecule has 0 aromatic heterocycles. The number of aliphatic hydroxyl groups excluding tert-OH is 8. The lowest BCUT2D eigenvalue weighted by Crippen LogP contribution is -2.64. The van der Waals surface area contributed by atoms with Crippen LogP contribution in [0.1, 0.15) is 0 Å². The van der Waals surface area contributed by atoms with Gasteiger partial charge in [-0.15, -0.1) is 0 Å². The summed E-state index contributed by atoms with van der Waals surface area (Å²) in [6, 6.07) is 0. The third-order valence-corrected chi connectivity index (χ3v) is 4.33. The minimum atomic E-state index is -1.72. The molecule has 0 unspecified atom stereocenters. The summed E-state index contributed by atoms with van der Waals surface area (Å²) >= 11 is 0. The molecule has 154 valence electrons. The summed E-state index contributed by atoms with van der Waals surface area (Å²) in [7, 11) is 0. The van der Waals surface area contributed by atoms with Crippen LogP contribution in [0.5, 0.6) is 0 Å². The molecule has 12 nitrogen and oxygen atoms in total. The molecular formula is C14H26O12. The lowest BCUT2D eigenvalue weighted by atomic mass is 9.97. The number of hydrogen-bond acceptors (Lipinski definition) is 12. The van der Waals surface area contributed by atoms with Gasteiger partial charge < -0.3 is 59.8 Å². The van der Waals surface area contributed by atoms with E-state index in [4.69, 9.17) is 24.1 Å². The molecule has 8 N–H and O–H groups in total. The first-order chi connectivity index (χ1) is 12.3. The van der Waals surface area contributed by atoms with Crippen molar-refractivity contribution in [1.29, 1.82) is 0 Å². The predicted molar refractivity (Wildman–Crippen MR) is 79.4 cm³/mol. The van der Waals surface area contributed by atoms with Gasteiger partial charge in [0, 0.05) is 0 Å². The second-order valence-corrected chi connectivity index (χ2v) is 6.10. The Kier molecular flexibility index (Phi) is 8.08. The van der Waals surface area contributed by atoms with Gasteiger partial charge in [0.05, 0.1) is 26.4 Å². The SMILES string of the molecule is OCCO[C@@H]1O[C@H](CO)[C@@H](O[C@@H]2O[C@H](CO)[C@H](O)[C@H](O)[C@H]2O)[C@H](O)[C@H]1O. The predicted octanol–water partition coefficient (Wildman–Crippen LogP) is -5.38. The average Bonchev–Trinajstić information content (AvgIpc) is 2.64. The minimum absolute atomic E-state index is 0.176. The van der Waals surface area contributed by atoms with Gasteiger partial charge in [-0.25, -0.2) is 0 Å². The highest BCUT2D eigenvalue weighted by atomic mass is 16.7. The summed E-state index contributed by atoms with van der Waals surface area (Å²) in [6.45, 7) is -1.84. The van der Waals surface area contributed by atoms with Gasteiger partial charge in [-0.3, -0.25) is 0 Å². The first kappa shape index (κ1) is 21.8. The molecule has 0 saturated carbocycles. The van der Waals surface area contributed by atoms with Gasteiger partial charge >= 0.3 is 0 Å². The smallest absolute Gasteiger partial charge is 0.187 e. The normalized spacial score (nSPS) is 47.1. The number of rotatable bonds is 7. The Morgan fingerprint density at radius 3 is 1.81 bits per heavy atom. The van der Waals surface area contributed by atoms with E-state index >= 15 is 0 Å². The molecular weight excluding hydrogens is 360 g/mol. The van der Waals surface area contributed by atoms with Crippen molar-refractivity contribution < 1.29 is 59.8 Å². The third kappa shape index (κ3) is 4.49. The molecule has 0 radical (unpaired) electrons. The second kappa shape index (κ2) is 9.64. The first-order valence-electron chi connectivity index (χ1n) is 8.16. The monoisotopic (exact) mass is 386 g/mol. The fourth-order valence-corrected chi connectivity index (χ4v) is 2.86. The maximum atomic E-state index is 10.3. The maximum absolute atomic E-state index is 10.3. The lowest BCUT2D eigenvalue weighted by Gasteiger charge is -2.45. The lowest BCUT2D eigenvalue weighted by molar-refractivity contribution is -0.359. The van der Waals surface area contributed by atoms with E-state index < -0.39 is 74.6 Å². The van der Waals surface area contributed by atoms with E-state index in [9.17, 15) is 35.7 Å². The fraction of sp³-hybridized carbons (Fsp3) is 1.00. The molecule has 0 bridgehead atoms. The zero-order valence-electron chi connectivity index (χ0n) is 13.8. The largest absolute Gasteiger partial charge is 0.394 e. The molecule has 2 fully saturated rings. The highest BCUT2D eigenvalue weighted by Crippen LogP contribution is 2.29. The molecule has 2 rings (SSSR count). The Morgan fingerprint density at radius 1 is 0.654 bits per heavy atom. The van der Waals surface area contributed by atoms with Crippen molar-refractivity contribution >= 4 is 0 Å². The van der Waals surface area contributed by atoms with E-state index in [1.165, 1.54) is 0 Å². The van der Waals surface area contributed by atoms with E-state index in [0.29, 0.717) is 0 Å². The van der Waals surface area contributed by atoms with Gasteiger partial charge in [-0.05, 0) is 0 Å². The molecule has 12 heteroatoms. The summed E-state index contributed by atoms with van der Waals surface area (Å²) in [5, 5.41) is 77.2. The molecule has 0 spiro atoms. The highest BCUT2D eigenvalue weighted by molar-refractivity contribution is 4.94. The van der Waals surface area contributed by atoms with E-state index in [-0.39, 0.29) is 13.2 Å². The molecule has 2 saturated heterocycles. The van der Waals surface area contributed by atoms with Gasteiger partial charge in [-0.2, -0.15) is 0 Å². The van der Waals surface area contributed by atoms with Crippen molar-refractivity contribution in [1.82, 2.24) is 0 Å². The van der Waals surface area contributed by atoms with E-state index in [1.54, 1.807) is 0 Å². The van der Waals surface area contributed by atoms with Gasteiger partial charge in [0.1, 0.15) is 48.8 Å². The van der Waals surface area contributed by atoms with Gasteiger partial charge in [0.2, 0.25) is 0 Å². The summed E-state index contributed by atoms with van der Waals surface area (Å²) in [4.78, 5) is 0. The summed E-state index contributed by atoms with van der Waals surface area (Å²) in [5.74, 6) is 0. The van der Waals surface area contributed by atoms with Crippen molar-refractivity contribution in [3.8, 4) is 0 Å². The highest BCUT2D eigenvalue weighted by Gasteiger charge is 2.50. The van der Waals surface area contributed by atoms with Crippen LogP contribution in [0.2, 0.25) is 0 Å². The van der Waals surface area contributed by atoms with Crippen LogP contribution in [0.25, 0.3) is 0 Å². The van der Waals surface area contributed by atoms with Crippen LogP contribution in [0.4, 0.5) is 0 Å². The van der Waals surface area contributed by atoms with Crippen molar-refractivity contribution in [2.75, 3.05) is 26.4 Å². The average molecular weight is 386 g/mol. The minimum Gasteiger partial charge on any atom is -0.394 e. The standard InChI is InChI=1S/C14H26O12/c15-1-2-23-13-11(22)9(20)12(6(4-17)25-13)26-14-10(21)8(19)7(18)5(3-16)24-14/h5-22H,1-4H2/t5-,6-,7+,8+,9-,10-,11-,12-,13-,14+/m1/s1. The molecule has 2 heterocycles. The van der Waals surface area contributed by atoms with Crippen LogP contribution in [-0.4, -0.2) is 129 Å². The van der Waals surface area contributed by atoms with Gasteiger partial charge in [0.15, 0.2) is 12.6 Å². The zero-order valence-corrected chi connectivity index (χ0v) is 13.8. The molecule has 0 aliphatic carbocycles. The molecule has 0 amide bonds. The number of aliphatic hydroxyl groups is 8. The second-order valence-electron chi connectivity index (χ2n) is 6.10. The maximum Gasteiger partial charge on any atom is 0.187 e. The molecule has 10 atom stereocenters. The Labute approximate surface area is 148 Å². The van der Waals surface area contributed by atoms with Gasteiger partial charge in [0.25, 0.3) is 0 Å². The van der Waals surface area contributed by atoms with Crippen molar-refractivity contribution in [2.45, 2.75) is 61.4 Å². The van der Waals surface area contributed by atoms with Crippen LogP contribution in [0.3, 0.4) is 0 Å². The van der Waals surface area contributed by atoms with Crippen LogP contribution in [0.15, 0.2) is 0 Å². The van der Waals surface area contributed by atoms with Crippen LogP contribution in [0, 0.1) is 0 Å². The zero-order chi connectivity index (χ0) is 19.4. The Balaban J connectivity index is 2.09. The molecule has 0 aromatic carbocycles. The molecule has 0 aromatic rings. The Morgan fingerprint density at radius 2 is 1.23 bits per heavy atom. The summed E-state index contributed by atoms with van der Waals surface area (Å²) in [5.41, 5.74) is 0. The van der Waals surface area contributed by atoms with Crippen LogP contribution >= 0.6 is 0 Å². The van der Waals surface area contributed by atoms with Crippen LogP contribution < -0.4 is 0 Å². The van der Waals surface area contributed by atoms with Gasteiger partial charge in [-0.1, -0.05) is 0 Å². The molecule has 26 heavy (non-hydrogen) atoms.